The van der Waals surface area contributed by atoms with Gasteiger partial charge in [0, 0.05) is 31.9 Å². The first-order valence-corrected chi connectivity index (χ1v) is 6.56. The molecule has 5 nitrogen and oxygen atoms in total. The lowest BCUT2D eigenvalue weighted by Gasteiger charge is -2.23. The van der Waals surface area contributed by atoms with Crippen LogP contribution in [0.1, 0.15) is 28.4 Å². The fourth-order valence-corrected chi connectivity index (χ4v) is 2.54. The van der Waals surface area contributed by atoms with Crippen molar-refractivity contribution in [1.29, 1.82) is 0 Å². The third kappa shape index (κ3) is 2.41. The molecule has 19 heavy (non-hydrogen) atoms. The molecule has 0 bridgehead atoms. The second kappa shape index (κ2) is 4.91. The number of nitrogens with one attached hydrogen (secondary N) is 1. The monoisotopic (exact) mass is 259 g/mol. The lowest BCUT2D eigenvalue weighted by molar-refractivity contribution is 0.0943. The van der Waals surface area contributed by atoms with Gasteiger partial charge >= 0.3 is 0 Å². The normalized spacial score (nSPS) is 18.1. The maximum atomic E-state index is 12.0. The van der Waals surface area contributed by atoms with E-state index >= 15 is 0 Å². The molecular formula is C14H17N3O2. The van der Waals surface area contributed by atoms with Crippen molar-refractivity contribution in [3.63, 3.8) is 0 Å². The number of hydrogen-bond donors (Lipinski definition) is 1. The number of aryl methyl sites for hydroxylation is 2. The number of amides is 1. The Kier molecular flexibility index (Phi) is 3.11. The molecule has 1 aliphatic heterocycles. The average Bonchev–Trinajstić information content (AvgIpc) is 3.03. The van der Waals surface area contributed by atoms with Gasteiger partial charge < -0.3 is 14.3 Å². The number of furan rings is 1. The standard InChI is InChI=1S/C14H17N3O2/c1-10-12(3-7-19-10)14(18)16-9-11-2-5-17-6-4-15-13(17)8-11/h3-4,6-7,11H,2,5,8-9H2,1H3,(H,16,18)/t11-/m1/s1. The van der Waals surface area contributed by atoms with Crippen LogP contribution >= 0.6 is 0 Å². The minimum absolute atomic E-state index is 0.0554. The van der Waals surface area contributed by atoms with Gasteiger partial charge in [0.15, 0.2) is 0 Å². The molecule has 5 heteroatoms. The minimum atomic E-state index is -0.0554. The Bertz CT molecular complexity index is 585. The highest BCUT2D eigenvalue weighted by molar-refractivity contribution is 5.95. The smallest absolute Gasteiger partial charge is 0.254 e. The summed E-state index contributed by atoms with van der Waals surface area (Å²) in [6.07, 6.45) is 7.40. The molecule has 1 atom stereocenters. The van der Waals surface area contributed by atoms with Gasteiger partial charge in [-0.3, -0.25) is 4.79 Å². The van der Waals surface area contributed by atoms with Gasteiger partial charge in [-0.15, -0.1) is 0 Å². The summed E-state index contributed by atoms with van der Waals surface area (Å²) < 4.78 is 7.32. The van der Waals surface area contributed by atoms with Gasteiger partial charge in [0.05, 0.1) is 11.8 Å². The first kappa shape index (κ1) is 12.0. The van der Waals surface area contributed by atoms with Crippen LogP contribution in [0.4, 0.5) is 0 Å². The van der Waals surface area contributed by atoms with Gasteiger partial charge in [-0.1, -0.05) is 0 Å². The van der Waals surface area contributed by atoms with E-state index in [0.29, 0.717) is 23.8 Å². The first-order valence-electron chi connectivity index (χ1n) is 6.56. The van der Waals surface area contributed by atoms with Gasteiger partial charge in [-0.25, -0.2) is 4.98 Å². The highest BCUT2D eigenvalue weighted by Gasteiger charge is 2.20. The van der Waals surface area contributed by atoms with Crippen LogP contribution in [0.15, 0.2) is 29.1 Å². The number of nitrogens with zero attached hydrogens (tertiary/aromatic N) is 2. The summed E-state index contributed by atoms with van der Waals surface area (Å²) in [6.45, 7) is 3.48. The van der Waals surface area contributed by atoms with Gasteiger partial charge in [-0.05, 0) is 25.3 Å². The summed E-state index contributed by atoms with van der Waals surface area (Å²) >= 11 is 0. The van der Waals surface area contributed by atoms with Crippen LogP contribution in [0, 0.1) is 12.8 Å². The van der Waals surface area contributed by atoms with E-state index in [4.69, 9.17) is 4.42 Å². The van der Waals surface area contributed by atoms with Crippen molar-refractivity contribution in [3.05, 3.63) is 41.9 Å². The van der Waals surface area contributed by atoms with Crippen LogP contribution in [0.5, 0.6) is 0 Å². The number of imidazole rings is 1. The molecule has 0 saturated carbocycles. The van der Waals surface area contributed by atoms with Crippen molar-refractivity contribution in [2.45, 2.75) is 26.3 Å². The van der Waals surface area contributed by atoms with Gasteiger partial charge in [0.25, 0.3) is 5.91 Å². The lowest BCUT2D eigenvalue weighted by atomic mass is 9.97. The quantitative estimate of drug-likeness (QED) is 0.914. The number of rotatable bonds is 3. The Morgan fingerprint density at radius 3 is 3.32 bits per heavy atom. The van der Waals surface area contributed by atoms with Crippen LogP contribution in [-0.2, 0) is 13.0 Å². The van der Waals surface area contributed by atoms with Crippen molar-refractivity contribution in [2.24, 2.45) is 5.92 Å². The Hall–Kier alpha value is -2.04. The Morgan fingerprint density at radius 2 is 2.53 bits per heavy atom. The maximum Gasteiger partial charge on any atom is 0.254 e. The van der Waals surface area contributed by atoms with E-state index in [1.165, 1.54) is 0 Å². The van der Waals surface area contributed by atoms with Crippen LogP contribution in [0.25, 0.3) is 0 Å². The predicted molar refractivity (Wildman–Crippen MR) is 69.8 cm³/mol. The molecule has 0 unspecified atom stereocenters. The topological polar surface area (TPSA) is 60.1 Å². The van der Waals surface area contributed by atoms with Gasteiger partial charge in [0.2, 0.25) is 0 Å². The zero-order chi connectivity index (χ0) is 13.2. The Balaban J connectivity index is 1.56. The Labute approximate surface area is 111 Å². The molecule has 1 aliphatic rings. The van der Waals surface area contributed by atoms with Crippen molar-refractivity contribution >= 4 is 5.91 Å². The summed E-state index contributed by atoms with van der Waals surface area (Å²) in [6, 6.07) is 1.71. The third-order valence-corrected chi connectivity index (χ3v) is 3.71. The third-order valence-electron chi connectivity index (χ3n) is 3.71. The van der Waals surface area contributed by atoms with Crippen LogP contribution in [-0.4, -0.2) is 22.0 Å². The first-order chi connectivity index (χ1) is 9.24. The molecule has 1 amide bonds. The number of carbonyl (C=O) groups is 1. The van der Waals surface area contributed by atoms with Crippen LogP contribution in [0.3, 0.4) is 0 Å². The van der Waals surface area contributed by atoms with E-state index < -0.39 is 0 Å². The summed E-state index contributed by atoms with van der Waals surface area (Å²) in [4.78, 5) is 16.3. The van der Waals surface area contributed by atoms with Crippen LogP contribution in [0.2, 0.25) is 0 Å². The molecule has 100 valence electrons. The van der Waals surface area contributed by atoms with E-state index in [-0.39, 0.29) is 5.91 Å². The minimum Gasteiger partial charge on any atom is -0.469 e. The maximum absolute atomic E-state index is 12.0. The molecule has 0 fully saturated rings. The molecule has 0 spiro atoms. The molecule has 0 aliphatic carbocycles. The predicted octanol–water partition coefficient (Wildman–Crippen LogP) is 1.78. The lowest BCUT2D eigenvalue weighted by Crippen LogP contribution is -2.33. The van der Waals surface area contributed by atoms with Gasteiger partial charge in [0.1, 0.15) is 11.6 Å². The fourth-order valence-electron chi connectivity index (χ4n) is 2.54. The summed E-state index contributed by atoms with van der Waals surface area (Å²) in [5.41, 5.74) is 0.623. The average molecular weight is 259 g/mol. The zero-order valence-electron chi connectivity index (χ0n) is 10.9. The second-order valence-electron chi connectivity index (χ2n) is 5.00. The van der Waals surface area contributed by atoms with E-state index in [1.807, 2.05) is 12.4 Å². The van der Waals surface area contributed by atoms with E-state index in [1.54, 1.807) is 19.3 Å². The molecular weight excluding hydrogens is 242 g/mol. The molecule has 3 heterocycles. The van der Waals surface area contributed by atoms with Crippen molar-refractivity contribution in [1.82, 2.24) is 14.9 Å². The summed E-state index contributed by atoms with van der Waals surface area (Å²) in [5, 5.41) is 2.98. The van der Waals surface area contributed by atoms with E-state index in [0.717, 1.165) is 25.2 Å². The number of aromatic nitrogens is 2. The van der Waals surface area contributed by atoms with Crippen molar-refractivity contribution in [3.8, 4) is 0 Å². The highest BCUT2D eigenvalue weighted by atomic mass is 16.3. The van der Waals surface area contributed by atoms with Gasteiger partial charge in [-0.2, -0.15) is 0 Å². The molecule has 0 radical (unpaired) electrons. The molecule has 1 N–H and O–H groups in total. The number of fused-ring (bicyclic) bond motifs is 1. The molecule has 3 rings (SSSR count). The largest absolute Gasteiger partial charge is 0.469 e. The van der Waals surface area contributed by atoms with Crippen LogP contribution < -0.4 is 5.32 Å². The molecule has 0 aromatic carbocycles. The van der Waals surface area contributed by atoms with Crippen molar-refractivity contribution in [2.75, 3.05) is 6.54 Å². The van der Waals surface area contributed by atoms with E-state index in [2.05, 4.69) is 14.9 Å². The fraction of sp³-hybridized carbons (Fsp3) is 0.429. The zero-order valence-corrected chi connectivity index (χ0v) is 10.9. The highest BCUT2D eigenvalue weighted by Crippen LogP contribution is 2.18. The van der Waals surface area contributed by atoms with Crippen molar-refractivity contribution < 1.29 is 9.21 Å². The molecule has 2 aromatic rings. The molecule has 0 saturated heterocycles. The summed E-state index contributed by atoms with van der Waals surface area (Å²) in [5.74, 6) is 2.19. The Morgan fingerprint density at radius 1 is 1.63 bits per heavy atom. The number of hydrogen-bond acceptors (Lipinski definition) is 3. The SMILES string of the molecule is Cc1occc1C(=O)NC[C@@H]1CCn2ccnc2C1. The number of carbonyl (C=O) groups excluding carboxylic acids is 1. The second-order valence-corrected chi connectivity index (χ2v) is 5.00. The summed E-state index contributed by atoms with van der Waals surface area (Å²) in [7, 11) is 0. The molecule has 2 aromatic heterocycles. The van der Waals surface area contributed by atoms with E-state index in [9.17, 15) is 4.79 Å².